The van der Waals surface area contributed by atoms with Crippen molar-refractivity contribution in [1.29, 1.82) is 0 Å². The van der Waals surface area contributed by atoms with Crippen LogP contribution in [-0.4, -0.2) is 24.4 Å². The molecule has 96 valence electrons. The molecule has 0 N–H and O–H groups in total. The molecule has 0 fully saturated rings. The Morgan fingerprint density at radius 3 is 1.25 bits per heavy atom. The molecule has 0 rings (SSSR count). The minimum absolute atomic E-state index is 0.0156. The number of hydrogen-bond donors (Lipinski definition) is 0. The van der Waals surface area contributed by atoms with E-state index in [0.717, 1.165) is 0 Å². The van der Waals surface area contributed by atoms with Gasteiger partial charge >= 0.3 is 0 Å². The van der Waals surface area contributed by atoms with Crippen LogP contribution < -0.4 is 0 Å². The smallest absolute Gasteiger partial charge is 0.0649 e. The van der Waals surface area contributed by atoms with E-state index >= 15 is 0 Å². The molecule has 2 nitrogen and oxygen atoms in total. The van der Waals surface area contributed by atoms with Crippen LogP contribution in [0.1, 0.15) is 41.5 Å². The van der Waals surface area contributed by atoms with Gasteiger partial charge in [0.15, 0.2) is 0 Å². The van der Waals surface area contributed by atoms with Crippen molar-refractivity contribution in [1.82, 2.24) is 0 Å². The van der Waals surface area contributed by atoms with Crippen molar-refractivity contribution in [3.05, 3.63) is 25.3 Å². The first kappa shape index (κ1) is 17.8. The Kier molecular flexibility index (Phi) is 9.49. The van der Waals surface area contributed by atoms with Crippen molar-refractivity contribution in [3.8, 4) is 0 Å². The zero-order valence-electron chi connectivity index (χ0n) is 11.8. The summed E-state index contributed by atoms with van der Waals surface area (Å²) in [6.45, 7) is 20.6. The lowest BCUT2D eigenvalue weighted by Gasteiger charge is -2.30. The highest BCUT2D eigenvalue weighted by Crippen LogP contribution is 2.17. The maximum Gasteiger partial charge on any atom is 0.0649 e. The SMILES string of the molecule is C=CCOCC=C.CC(C)(C)OC(C)(C)C. The first-order valence-electron chi connectivity index (χ1n) is 5.62. The van der Waals surface area contributed by atoms with E-state index in [1.807, 2.05) is 0 Å². The summed E-state index contributed by atoms with van der Waals surface area (Å²) in [5.74, 6) is 0. The van der Waals surface area contributed by atoms with Gasteiger partial charge in [-0.05, 0) is 41.5 Å². The fourth-order valence-electron chi connectivity index (χ4n) is 1.15. The van der Waals surface area contributed by atoms with Crippen LogP contribution in [0.5, 0.6) is 0 Å². The van der Waals surface area contributed by atoms with E-state index in [0.29, 0.717) is 13.2 Å². The molecule has 0 unspecified atom stereocenters. The Morgan fingerprint density at radius 2 is 1.12 bits per heavy atom. The molecule has 0 aromatic rings. The Balaban J connectivity index is 0. The summed E-state index contributed by atoms with van der Waals surface area (Å²) in [5, 5.41) is 0. The van der Waals surface area contributed by atoms with Crippen LogP contribution in [0.4, 0.5) is 0 Å². The summed E-state index contributed by atoms with van der Waals surface area (Å²) in [6.07, 6.45) is 3.42. The molecule has 16 heavy (non-hydrogen) atoms. The van der Waals surface area contributed by atoms with Crippen LogP contribution in [0, 0.1) is 0 Å². The molecule has 0 amide bonds. The van der Waals surface area contributed by atoms with Crippen molar-refractivity contribution in [2.75, 3.05) is 13.2 Å². The molecule has 0 heterocycles. The Morgan fingerprint density at radius 1 is 0.812 bits per heavy atom. The molecule has 2 heteroatoms. The van der Waals surface area contributed by atoms with Gasteiger partial charge in [0.2, 0.25) is 0 Å². The molecule has 0 bridgehead atoms. The van der Waals surface area contributed by atoms with Gasteiger partial charge in [-0.25, -0.2) is 0 Å². The summed E-state index contributed by atoms with van der Waals surface area (Å²) < 4.78 is 10.5. The van der Waals surface area contributed by atoms with E-state index < -0.39 is 0 Å². The minimum Gasteiger partial charge on any atom is -0.373 e. The summed E-state index contributed by atoms with van der Waals surface area (Å²) >= 11 is 0. The second-order valence-corrected chi connectivity index (χ2v) is 5.44. The quantitative estimate of drug-likeness (QED) is 0.535. The average molecular weight is 228 g/mol. The van der Waals surface area contributed by atoms with Crippen molar-refractivity contribution in [3.63, 3.8) is 0 Å². The molecular formula is C14H28O2. The predicted octanol–water partition coefficient (Wildman–Crippen LogP) is 3.98. The summed E-state index contributed by atoms with van der Waals surface area (Å²) in [6, 6.07) is 0. The summed E-state index contributed by atoms with van der Waals surface area (Å²) in [4.78, 5) is 0. The first-order valence-corrected chi connectivity index (χ1v) is 5.62. The zero-order valence-corrected chi connectivity index (χ0v) is 11.8. The van der Waals surface area contributed by atoms with Crippen molar-refractivity contribution < 1.29 is 9.47 Å². The maximum atomic E-state index is 5.62. The fraction of sp³-hybridized carbons (Fsp3) is 0.714. The van der Waals surface area contributed by atoms with E-state index in [9.17, 15) is 0 Å². The number of hydrogen-bond acceptors (Lipinski definition) is 2. The standard InChI is InChI=1S/C8H18O.C6H10O/c1-7(2,3)9-8(4,5)6;1-3-5-7-6-4-2/h1-6H3;3-4H,1-2,5-6H2. The van der Waals surface area contributed by atoms with Crippen LogP contribution in [0.25, 0.3) is 0 Å². The third-order valence-electron chi connectivity index (χ3n) is 1.08. The molecule has 0 aliphatic rings. The first-order chi connectivity index (χ1) is 7.12. The van der Waals surface area contributed by atoms with Gasteiger partial charge in [-0.3, -0.25) is 0 Å². The molecule has 0 radical (unpaired) electrons. The van der Waals surface area contributed by atoms with Gasteiger partial charge in [-0.15, -0.1) is 13.2 Å². The Bertz CT molecular complexity index is 162. The van der Waals surface area contributed by atoms with Crippen molar-refractivity contribution in [2.45, 2.75) is 52.7 Å². The maximum absolute atomic E-state index is 5.62. The lowest BCUT2D eigenvalue weighted by atomic mass is 10.1. The second kappa shape index (κ2) is 8.54. The fourth-order valence-corrected chi connectivity index (χ4v) is 1.15. The van der Waals surface area contributed by atoms with E-state index in [-0.39, 0.29) is 11.2 Å². The predicted molar refractivity (Wildman–Crippen MR) is 71.8 cm³/mol. The largest absolute Gasteiger partial charge is 0.373 e. The lowest BCUT2D eigenvalue weighted by Crippen LogP contribution is -2.31. The van der Waals surface area contributed by atoms with Gasteiger partial charge in [-0.1, -0.05) is 12.2 Å². The van der Waals surface area contributed by atoms with Crippen LogP contribution in [0.2, 0.25) is 0 Å². The van der Waals surface area contributed by atoms with E-state index in [1.54, 1.807) is 12.2 Å². The second-order valence-electron chi connectivity index (χ2n) is 5.44. The molecule has 0 saturated carbocycles. The van der Waals surface area contributed by atoms with Gasteiger partial charge < -0.3 is 9.47 Å². The zero-order chi connectivity index (χ0) is 13.2. The molecule has 0 atom stereocenters. The molecule has 0 aromatic carbocycles. The molecule has 0 aromatic heterocycles. The molecule has 0 aliphatic heterocycles. The lowest BCUT2D eigenvalue weighted by molar-refractivity contribution is -0.102. The van der Waals surface area contributed by atoms with Crippen LogP contribution in [0.15, 0.2) is 25.3 Å². The van der Waals surface area contributed by atoms with Crippen LogP contribution in [-0.2, 0) is 9.47 Å². The van der Waals surface area contributed by atoms with Gasteiger partial charge in [-0.2, -0.15) is 0 Å². The van der Waals surface area contributed by atoms with Crippen LogP contribution in [0.3, 0.4) is 0 Å². The van der Waals surface area contributed by atoms with Gasteiger partial charge in [0.25, 0.3) is 0 Å². The normalized spacial score (nSPS) is 11.4. The molecule has 0 aliphatic carbocycles. The third-order valence-corrected chi connectivity index (χ3v) is 1.08. The number of ether oxygens (including phenoxy) is 2. The van der Waals surface area contributed by atoms with Gasteiger partial charge in [0.1, 0.15) is 0 Å². The monoisotopic (exact) mass is 228 g/mol. The third kappa shape index (κ3) is 23.3. The highest BCUT2D eigenvalue weighted by atomic mass is 16.5. The van der Waals surface area contributed by atoms with Gasteiger partial charge in [0, 0.05) is 0 Å². The highest BCUT2D eigenvalue weighted by molar-refractivity contribution is 4.69. The van der Waals surface area contributed by atoms with Gasteiger partial charge in [0.05, 0.1) is 24.4 Å². The summed E-state index contributed by atoms with van der Waals surface area (Å²) in [5.41, 5.74) is -0.0312. The van der Waals surface area contributed by atoms with Crippen molar-refractivity contribution >= 4 is 0 Å². The average Bonchev–Trinajstić information content (AvgIpc) is 1.99. The topological polar surface area (TPSA) is 18.5 Å². The molecular weight excluding hydrogens is 200 g/mol. The van der Waals surface area contributed by atoms with E-state index in [2.05, 4.69) is 54.7 Å². The van der Waals surface area contributed by atoms with E-state index in [1.165, 1.54) is 0 Å². The molecule has 0 spiro atoms. The highest BCUT2D eigenvalue weighted by Gasteiger charge is 2.19. The molecule has 0 saturated heterocycles. The minimum atomic E-state index is -0.0156. The number of rotatable bonds is 4. The Labute approximate surface area is 101 Å². The van der Waals surface area contributed by atoms with Crippen molar-refractivity contribution in [2.24, 2.45) is 0 Å². The van der Waals surface area contributed by atoms with Crippen LogP contribution >= 0.6 is 0 Å². The summed E-state index contributed by atoms with van der Waals surface area (Å²) in [7, 11) is 0. The van der Waals surface area contributed by atoms with E-state index in [4.69, 9.17) is 9.47 Å². The Hall–Kier alpha value is -0.600.